The molecule has 1 aromatic carbocycles. The van der Waals surface area contributed by atoms with Crippen molar-refractivity contribution in [2.45, 2.75) is 45.3 Å². The van der Waals surface area contributed by atoms with Crippen LogP contribution in [0.4, 0.5) is 0 Å². The topological polar surface area (TPSA) is 69.8 Å². The number of aryl methyl sites for hydroxylation is 1. The molecule has 0 radical (unpaired) electrons. The Morgan fingerprint density at radius 1 is 1.13 bits per heavy atom. The third-order valence-corrected chi connectivity index (χ3v) is 5.20. The van der Waals surface area contributed by atoms with Gasteiger partial charge in [-0.1, -0.05) is 29.8 Å². The van der Waals surface area contributed by atoms with Gasteiger partial charge in [-0.15, -0.1) is 0 Å². The van der Waals surface area contributed by atoms with Crippen LogP contribution in [0.2, 0.25) is 0 Å². The van der Waals surface area contributed by atoms with Crippen LogP contribution < -0.4 is 5.73 Å². The third-order valence-electron chi connectivity index (χ3n) is 5.20. The van der Waals surface area contributed by atoms with Crippen molar-refractivity contribution in [1.82, 2.24) is 9.80 Å². The minimum Gasteiger partial charge on any atom is -0.480 e. The van der Waals surface area contributed by atoms with Gasteiger partial charge < -0.3 is 10.8 Å². The highest BCUT2D eigenvalue weighted by Gasteiger charge is 2.50. The number of carboxylic acids is 1. The number of hydrogen-bond donors (Lipinski definition) is 2. The second kappa shape index (κ2) is 6.59. The van der Waals surface area contributed by atoms with E-state index in [1.54, 1.807) is 20.8 Å². The van der Waals surface area contributed by atoms with Crippen LogP contribution in [0.25, 0.3) is 0 Å². The molecule has 5 nitrogen and oxygen atoms in total. The van der Waals surface area contributed by atoms with Gasteiger partial charge in [0, 0.05) is 38.3 Å². The number of carboxylic acid groups (broad SMARTS) is 1. The van der Waals surface area contributed by atoms with E-state index in [1.165, 1.54) is 11.1 Å². The van der Waals surface area contributed by atoms with E-state index in [2.05, 4.69) is 36.1 Å². The van der Waals surface area contributed by atoms with Gasteiger partial charge in [0.15, 0.2) is 0 Å². The highest BCUT2D eigenvalue weighted by atomic mass is 16.4. The van der Waals surface area contributed by atoms with Crippen LogP contribution in [-0.4, -0.2) is 58.1 Å². The average molecular weight is 319 g/mol. The Kier molecular flexibility index (Phi) is 5.14. The summed E-state index contributed by atoms with van der Waals surface area (Å²) in [4.78, 5) is 16.2. The quantitative estimate of drug-likeness (QED) is 0.864. The van der Waals surface area contributed by atoms with E-state index in [1.807, 2.05) is 4.90 Å². The lowest BCUT2D eigenvalue weighted by molar-refractivity contribution is -0.156. The van der Waals surface area contributed by atoms with Crippen molar-refractivity contribution >= 4 is 5.97 Å². The van der Waals surface area contributed by atoms with Gasteiger partial charge in [0.1, 0.15) is 5.54 Å². The van der Waals surface area contributed by atoms with Gasteiger partial charge >= 0.3 is 5.97 Å². The fraction of sp³-hybridized carbons (Fsp3) is 0.611. The molecular weight excluding hydrogens is 290 g/mol. The number of nitrogens with two attached hydrogens (primary N) is 1. The molecule has 3 N–H and O–H groups in total. The predicted molar refractivity (Wildman–Crippen MR) is 92.3 cm³/mol. The fourth-order valence-electron chi connectivity index (χ4n) is 3.12. The normalized spacial score (nSPS) is 20.2. The lowest BCUT2D eigenvalue weighted by Crippen LogP contribution is -2.71. The van der Waals surface area contributed by atoms with Gasteiger partial charge in [-0.2, -0.15) is 0 Å². The van der Waals surface area contributed by atoms with Crippen LogP contribution in [-0.2, 0) is 11.3 Å². The lowest BCUT2D eigenvalue weighted by Gasteiger charge is -2.49. The second-order valence-corrected chi connectivity index (χ2v) is 7.35. The van der Waals surface area contributed by atoms with Gasteiger partial charge in [-0.25, -0.2) is 0 Å². The zero-order valence-corrected chi connectivity index (χ0v) is 14.7. The summed E-state index contributed by atoms with van der Waals surface area (Å²) in [5.41, 5.74) is 6.88. The molecule has 2 rings (SSSR count). The molecule has 1 aliphatic rings. The number of aliphatic carboxylic acids is 1. The minimum atomic E-state index is -1.05. The molecule has 5 heteroatoms. The molecule has 0 spiro atoms. The highest BCUT2D eigenvalue weighted by Crippen LogP contribution is 2.28. The standard InChI is InChI=1S/C18H29N3O2/c1-14-5-7-15(8-6-14)13-20-9-11-21(12-10-20)18(4,16(22)23)17(2,3)19/h5-8H,9-13,19H2,1-4H3,(H,22,23)/t18-/m1/s1. The number of benzene rings is 1. The SMILES string of the molecule is Cc1ccc(CN2CCN([C@](C)(C(=O)O)C(C)(C)N)CC2)cc1. The van der Waals surface area contributed by atoms with E-state index in [4.69, 9.17) is 5.73 Å². The van der Waals surface area contributed by atoms with Crippen LogP contribution in [0.1, 0.15) is 31.9 Å². The summed E-state index contributed by atoms with van der Waals surface area (Å²) in [5.74, 6) is -0.850. The first-order chi connectivity index (χ1) is 10.6. The molecule has 23 heavy (non-hydrogen) atoms. The number of hydrogen-bond acceptors (Lipinski definition) is 4. The second-order valence-electron chi connectivity index (χ2n) is 7.35. The molecule has 0 bridgehead atoms. The molecule has 0 saturated carbocycles. The minimum absolute atomic E-state index is 0.718. The number of carbonyl (C=O) groups is 1. The summed E-state index contributed by atoms with van der Waals surface area (Å²) >= 11 is 0. The van der Waals surface area contributed by atoms with Gasteiger partial charge in [0.25, 0.3) is 0 Å². The van der Waals surface area contributed by atoms with E-state index in [9.17, 15) is 9.90 Å². The van der Waals surface area contributed by atoms with Gasteiger partial charge in [-0.3, -0.25) is 14.6 Å². The van der Waals surface area contributed by atoms with Crippen molar-refractivity contribution in [3.63, 3.8) is 0 Å². The molecule has 1 saturated heterocycles. The summed E-state index contributed by atoms with van der Waals surface area (Å²) in [6.45, 7) is 11.5. The van der Waals surface area contributed by atoms with Gasteiger partial charge in [-0.05, 0) is 33.3 Å². The van der Waals surface area contributed by atoms with E-state index in [0.29, 0.717) is 0 Å². The number of piperazine rings is 1. The largest absolute Gasteiger partial charge is 0.480 e. The summed E-state index contributed by atoms with van der Waals surface area (Å²) in [6, 6.07) is 8.58. The molecule has 0 amide bonds. The maximum Gasteiger partial charge on any atom is 0.325 e. The van der Waals surface area contributed by atoms with Crippen molar-refractivity contribution in [3.05, 3.63) is 35.4 Å². The molecule has 1 aromatic rings. The highest BCUT2D eigenvalue weighted by molar-refractivity contribution is 5.80. The molecular formula is C18H29N3O2. The Morgan fingerprint density at radius 2 is 1.65 bits per heavy atom. The third kappa shape index (κ3) is 3.74. The van der Waals surface area contributed by atoms with Crippen LogP contribution in [0.15, 0.2) is 24.3 Å². The first-order valence-corrected chi connectivity index (χ1v) is 8.20. The molecule has 0 unspecified atom stereocenters. The van der Waals surface area contributed by atoms with E-state index < -0.39 is 17.0 Å². The molecule has 1 heterocycles. The summed E-state index contributed by atoms with van der Waals surface area (Å²) in [7, 11) is 0. The van der Waals surface area contributed by atoms with Gasteiger partial charge in [0.05, 0.1) is 0 Å². The molecule has 0 aliphatic carbocycles. The first-order valence-electron chi connectivity index (χ1n) is 8.20. The Balaban J connectivity index is 2.00. The van der Waals surface area contributed by atoms with Crippen molar-refractivity contribution < 1.29 is 9.90 Å². The maximum atomic E-state index is 11.8. The Morgan fingerprint density at radius 3 is 2.09 bits per heavy atom. The summed E-state index contributed by atoms with van der Waals surface area (Å²) in [6.07, 6.45) is 0. The Bertz CT molecular complexity index is 542. The summed E-state index contributed by atoms with van der Waals surface area (Å²) < 4.78 is 0. The first kappa shape index (κ1) is 17.9. The predicted octanol–water partition coefficient (Wildman–Crippen LogP) is 1.69. The fourth-order valence-corrected chi connectivity index (χ4v) is 3.12. The zero-order chi connectivity index (χ0) is 17.3. The van der Waals surface area contributed by atoms with Crippen molar-refractivity contribution in [3.8, 4) is 0 Å². The van der Waals surface area contributed by atoms with E-state index in [-0.39, 0.29) is 0 Å². The molecule has 1 aliphatic heterocycles. The van der Waals surface area contributed by atoms with Crippen LogP contribution in [0, 0.1) is 6.92 Å². The zero-order valence-electron chi connectivity index (χ0n) is 14.7. The molecule has 128 valence electrons. The van der Waals surface area contributed by atoms with Crippen LogP contribution in [0.3, 0.4) is 0 Å². The van der Waals surface area contributed by atoms with Crippen molar-refractivity contribution in [1.29, 1.82) is 0 Å². The number of rotatable bonds is 5. The van der Waals surface area contributed by atoms with E-state index >= 15 is 0 Å². The monoisotopic (exact) mass is 319 g/mol. The van der Waals surface area contributed by atoms with Crippen molar-refractivity contribution in [2.24, 2.45) is 5.73 Å². The number of nitrogens with zero attached hydrogens (tertiary/aromatic N) is 2. The van der Waals surface area contributed by atoms with E-state index in [0.717, 1.165) is 32.7 Å². The van der Waals surface area contributed by atoms with Crippen LogP contribution >= 0.6 is 0 Å². The summed E-state index contributed by atoms with van der Waals surface area (Å²) in [5, 5.41) is 9.71. The molecule has 0 aromatic heterocycles. The maximum absolute atomic E-state index is 11.8. The van der Waals surface area contributed by atoms with Crippen molar-refractivity contribution in [2.75, 3.05) is 26.2 Å². The Labute approximate surface area is 139 Å². The molecule has 1 atom stereocenters. The lowest BCUT2D eigenvalue weighted by atomic mass is 9.79. The smallest absolute Gasteiger partial charge is 0.325 e. The Hall–Kier alpha value is -1.43. The van der Waals surface area contributed by atoms with Crippen LogP contribution in [0.5, 0.6) is 0 Å². The average Bonchev–Trinajstić information content (AvgIpc) is 2.48. The van der Waals surface area contributed by atoms with Gasteiger partial charge in [0.2, 0.25) is 0 Å². The molecule has 1 fully saturated rings.